The maximum atomic E-state index is 5.31. The van der Waals surface area contributed by atoms with Crippen molar-refractivity contribution >= 4 is 11.8 Å². The van der Waals surface area contributed by atoms with Gasteiger partial charge in [-0.25, -0.2) is 0 Å². The molecule has 112 valence electrons. The van der Waals surface area contributed by atoms with Crippen molar-refractivity contribution in [2.75, 3.05) is 0 Å². The minimum Gasteiger partial charge on any atom is -0.338 e. The number of nitrogens with zero attached hydrogens (tertiary/aromatic N) is 2. The number of aromatic nitrogens is 2. The third-order valence-corrected chi connectivity index (χ3v) is 5.03. The van der Waals surface area contributed by atoms with Crippen LogP contribution in [-0.2, 0) is 12.3 Å². The molecule has 0 unspecified atom stereocenters. The maximum absolute atomic E-state index is 5.31. The molecule has 0 radical (unpaired) electrons. The Bertz CT molecular complexity index is 578. The van der Waals surface area contributed by atoms with Gasteiger partial charge in [-0.15, -0.1) is 11.8 Å². The van der Waals surface area contributed by atoms with Gasteiger partial charge < -0.3 is 9.84 Å². The molecule has 1 heterocycles. The molecule has 0 bridgehead atoms. The van der Waals surface area contributed by atoms with Crippen LogP contribution in [0.15, 0.2) is 33.7 Å². The lowest BCUT2D eigenvalue weighted by molar-refractivity contribution is 0.354. The summed E-state index contributed by atoms with van der Waals surface area (Å²) in [4.78, 5) is 5.73. The van der Waals surface area contributed by atoms with Gasteiger partial charge in [0.25, 0.3) is 0 Å². The molecule has 0 atom stereocenters. The van der Waals surface area contributed by atoms with Crippen molar-refractivity contribution < 1.29 is 4.52 Å². The van der Waals surface area contributed by atoms with E-state index in [0.29, 0.717) is 18.5 Å². The average Bonchev–Trinajstić information content (AvgIpc) is 3.16. The molecule has 1 N–H and O–H groups in total. The fourth-order valence-corrected chi connectivity index (χ4v) is 3.52. The van der Waals surface area contributed by atoms with Crippen LogP contribution in [-0.4, -0.2) is 16.2 Å². The highest BCUT2D eigenvalue weighted by Gasteiger charge is 2.15. The zero-order valence-corrected chi connectivity index (χ0v) is 13.2. The van der Waals surface area contributed by atoms with Gasteiger partial charge in [-0.1, -0.05) is 36.2 Å². The number of hydrogen-bond donors (Lipinski definition) is 1. The lowest BCUT2D eigenvalue weighted by atomic mass is 10.2. The van der Waals surface area contributed by atoms with Gasteiger partial charge in [-0.3, -0.25) is 0 Å². The van der Waals surface area contributed by atoms with Crippen molar-refractivity contribution in [1.29, 1.82) is 0 Å². The van der Waals surface area contributed by atoms with Gasteiger partial charge in [-0.2, -0.15) is 4.98 Å². The van der Waals surface area contributed by atoms with Crippen molar-refractivity contribution in [1.82, 2.24) is 15.5 Å². The first-order chi connectivity index (χ1) is 10.3. The fourth-order valence-electron chi connectivity index (χ4n) is 2.64. The van der Waals surface area contributed by atoms with Crippen molar-refractivity contribution in [3.8, 4) is 0 Å². The van der Waals surface area contributed by atoms with Crippen molar-refractivity contribution in [2.24, 2.45) is 0 Å². The molecule has 0 spiro atoms. The molecule has 21 heavy (non-hydrogen) atoms. The van der Waals surface area contributed by atoms with Gasteiger partial charge in [0, 0.05) is 10.9 Å². The van der Waals surface area contributed by atoms with Crippen LogP contribution in [0.1, 0.15) is 43.0 Å². The number of rotatable bonds is 6. The summed E-state index contributed by atoms with van der Waals surface area (Å²) in [6.07, 6.45) is 5.20. The Labute approximate surface area is 129 Å². The van der Waals surface area contributed by atoms with E-state index in [1.165, 1.54) is 36.1 Å². The molecule has 1 aromatic heterocycles. The molecule has 1 fully saturated rings. The van der Waals surface area contributed by atoms with Gasteiger partial charge in [-0.05, 0) is 31.4 Å². The van der Waals surface area contributed by atoms with Gasteiger partial charge in [0.1, 0.15) is 0 Å². The third kappa shape index (κ3) is 4.08. The SMILES string of the molecule is Cc1ccccc1SCc1noc(CNC2CCCC2)n1. The zero-order chi connectivity index (χ0) is 14.5. The second-order valence-corrected chi connectivity index (χ2v) is 6.54. The Balaban J connectivity index is 1.49. The van der Waals surface area contributed by atoms with Crippen molar-refractivity contribution in [2.45, 2.75) is 55.8 Å². The predicted octanol–water partition coefficient (Wildman–Crippen LogP) is 3.70. The van der Waals surface area contributed by atoms with E-state index in [4.69, 9.17) is 4.52 Å². The number of thioether (sulfide) groups is 1. The number of hydrogen-bond acceptors (Lipinski definition) is 5. The molecule has 2 aromatic rings. The first-order valence-corrected chi connectivity index (χ1v) is 8.53. The second-order valence-electron chi connectivity index (χ2n) is 5.52. The van der Waals surface area contributed by atoms with E-state index < -0.39 is 0 Å². The minimum absolute atomic E-state index is 0.627. The molecule has 1 aliphatic rings. The molecule has 1 aromatic carbocycles. The summed E-state index contributed by atoms with van der Waals surface area (Å²) in [6, 6.07) is 8.99. The molecular formula is C16H21N3OS. The van der Waals surface area contributed by atoms with Crippen molar-refractivity contribution in [3.05, 3.63) is 41.5 Å². The van der Waals surface area contributed by atoms with E-state index in [9.17, 15) is 0 Å². The molecule has 0 saturated heterocycles. The second kappa shape index (κ2) is 7.09. The smallest absolute Gasteiger partial charge is 0.240 e. The highest BCUT2D eigenvalue weighted by molar-refractivity contribution is 7.98. The third-order valence-electron chi connectivity index (χ3n) is 3.86. The summed E-state index contributed by atoms with van der Waals surface area (Å²) in [5, 5.41) is 7.55. The average molecular weight is 303 g/mol. The van der Waals surface area contributed by atoms with Crippen LogP contribution in [0.4, 0.5) is 0 Å². The first kappa shape index (κ1) is 14.6. The molecule has 1 aliphatic carbocycles. The van der Waals surface area contributed by atoms with Crippen LogP contribution in [0, 0.1) is 6.92 Å². The molecule has 0 amide bonds. The summed E-state index contributed by atoms with van der Waals surface area (Å²) in [5.41, 5.74) is 1.29. The molecule has 5 heteroatoms. The molecule has 4 nitrogen and oxygen atoms in total. The van der Waals surface area contributed by atoms with Crippen LogP contribution in [0.3, 0.4) is 0 Å². The van der Waals surface area contributed by atoms with Crippen LogP contribution < -0.4 is 5.32 Å². The summed E-state index contributed by atoms with van der Waals surface area (Å²) in [5.74, 6) is 2.21. The summed E-state index contributed by atoms with van der Waals surface area (Å²) in [6.45, 7) is 2.81. The van der Waals surface area contributed by atoms with Crippen LogP contribution in [0.2, 0.25) is 0 Å². The van der Waals surface area contributed by atoms with Crippen LogP contribution in [0.25, 0.3) is 0 Å². The molecule has 0 aliphatic heterocycles. The summed E-state index contributed by atoms with van der Waals surface area (Å²) < 4.78 is 5.31. The van der Waals surface area contributed by atoms with E-state index in [1.54, 1.807) is 11.8 Å². The lowest BCUT2D eigenvalue weighted by Crippen LogP contribution is -2.25. The van der Waals surface area contributed by atoms with Gasteiger partial charge >= 0.3 is 0 Å². The fraction of sp³-hybridized carbons (Fsp3) is 0.500. The van der Waals surface area contributed by atoms with Gasteiger partial charge in [0.05, 0.1) is 12.3 Å². The molecular weight excluding hydrogens is 282 g/mol. The Hall–Kier alpha value is -1.33. The Kier molecular flexibility index (Phi) is 4.93. The van der Waals surface area contributed by atoms with Crippen LogP contribution in [0.5, 0.6) is 0 Å². The minimum atomic E-state index is 0.627. The van der Waals surface area contributed by atoms with E-state index in [2.05, 4.69) is 46.6 Å². The Morgan fingerprint density at radius 1 is 1.29 bits per heavy atom. The highest BCUT2D eigenvalue weighted by Crippen LogP contribution is 2.24. The molecule has 1 saturated carbocycles. The summed E-state index contributed by atoms with van der Waals surface area (Å²) in [7, 11) is 0. The normalized spacial score (nSPS) is 15.7. The first-order valence-electron chi connectivity index (χ1n) is 7.54. The highest BCUT2D eigenvalue weighted by atomic mass is 32.2. The zero-order valence-electron chi connectivity index (χ0n) is 12.3. The van der Waals surface area contributed by atoms with E-state index in [1.807, 2.05) is 0 Å². The molecule has 3 rings (SSSR count). The van der Waals surface area contributed by atoms with E-state index >= 15 is 0 Å². The van der Waals surface area contributed by atoms with Crippen molar-refractivity contribution in [3.63, 3.8) is 0 Å². The monoisotopic (exact) mass is 303 g/mol. The van der Waals surface area contributed by atoms with E-state index in [-0.39, 0.29) is 0 Å². The summed E-state index contributed by atoms with van der Waals surface area (Å²) >= 11 is 1.75. The number of benzene rings is 1. The standard InChI is InChI=1S/C16H21N3OS/c1-12-6-2-5-9-14(12)21-11-15-18-16(20-19-15)10-17-13-7-3-4-8-13/h2,5-6,9,13,17H,3-4,7-8,10-11H2,1H3. The Morgan fingerprint density at radius 2 is 2.10 bits per heavy atom. The number of nitrogens with one attached hydrogen (secondary N) is 1. The predicted molar refractivity (Wildman–Crippen MR) is 84.1 cm³/mol. The lowest BCUT2D eigenvalue weighted by Gasteiger charge is -2.08. The van der Waals surface area contributed by atoms with Gasteiger partial charge in [0.15, 0.2) is 5.82 Å². The van der Waals surface area contributed by atoms with Crippen LogP contribution >= 0.6 is 11.8 Å². The quantitative estimate of drug-likeness (QED) is 0.825. The largest absolute Gasteiger partial charge is 0.338 e. The van der Waals surface area contributed by atoms with E-state index in [0.717, 1.165) is 11.6 Å². The number of aryl methyl sites for hydroxylation is 1. The maximum Gasteiger partial charge on any atom is 0.240 e. The topological polar surface area (TPSA) is 51.0 Å². The Morgan fingerprint density at radius 3 is 2.90 bits per heavy atom. The van der Waals surface area contributed by atoms with Gasteiger partial charge in [0.2, 0.25) is 5.89 Å².